The van der Waals surface area contributed by atoms with Crippen molar-refractivity contribution in [3.05, 3.63) is 23.8 Å². The van der Waals surface area contributed by atoms with E-state index in [4.69, 9.17) is 25.4 Å². The third kappa shape index (κ3) is 5.10. The average Bonchev–Trinajstić information content (AvgIpc) is 2.42. The van der Waals surface area contributed by atoms with Crippen LogP contribution in [0.3, 0.4) is 0 Å². The van der Waals surface area contributed by atoms with Crippen LogP contribution in [-0.4, -0.2) is 45.6 Å². The van der Waals surface area contributed by atoms with Gasteiger partial charge in [-0.3, -0.25) is 5.41 Å². The fourth-order valence-electron chi connectivity index (χ4n) is 1.52. The van der Waals surface area contributed by atoms with Crippen LogP contribution in [0.25, 0.3) is 0 Å². The Balaban J connectivity index is 2.55. The highest BCUT2D eigenvalue weighted by Gasteiger charge is 2.11. The summed E-state index contributed by atoms with van der Waals surface area (Å²) in [6.07, 6.45) is 1.94. The number of ether oxygens (including phenoxy) is 3. The van der Waals surface area contributed by atoms with Crippen molar-refractivity contribution in [1.82, 2.24) is 0 Å². The molecule has 0 spiro atoms. The van der Waals surface area contributed by atoms with E-state index in [0.29, 0.717) is 37.7 Å². The second-order valence-corrected chi connectivity index (χ2v) is 4.55. The van der Waals surface area contributed by atoms with Gasteiger partial charge in [-0.05, 0) is 18.4 Å². The van der Waals surface area contributed by atoms with Gasteiger partial charge in [0.1, 0.15) is 18.2 Å². The van der Waals surface area contributed by atoms with Crippen LogP contribution in [0.5, 0.6) is 5.75 Å². The van der Waals surface area contributed by atoms with E-state index in [1.807, 2.05) is 24.5 Å². The highest BCUT2D eigenvalue weighted by Crippen LogP contribution is 2.28. The maximum Gasteiger partial charge on any atom is 0.131 e. The number of nitrogen functional groups attached to an aromatic ring is 1. The molecule has 1 rings (SSSR count). The topological polar surface area (TPSA) is 77.6 Å². The maximum atomic E-state index is 7.63. The zero-order chi connectivity index (χ0) is 14.1. The van der Waals surface area contributed by atoms with Crippen molar-refractivity contribution in [2.45, 2.75) is 4.90 Å². The van der Waals surface area contributed by atoms with Crippen molar-refractivity contribution in [2.75, 3.05) is 39.8 Å². The molecule has 0 aliphatic heterocycles. The van der Waals surface area contributed by atoms with E-state index in [1.165, 1.54) is 11.8 Å². The minimum Gasteiger partial charge on any atom is -0.490 e. The van der Waals surface area contributed by atoms with Gasteiger partial charge in [-0.2, -0.15) is 0 Å². The quantitative estimate of drug-likeness (QED) is 0.312. The first-order valence-corrected chi connectivity index (χ1v) is 7.14. The number of rotatable bonds is 9. The smallest absolute Gasteiger partial charge is 0.131 e. The number of thioether (sulfide) groups is 1. The van der Waals surface area contributed by atoms with Gasteiger partial charge < -0.3 is 19.9 Å². The second-order valence-electron chi connectivity index (χ2n) is 3.70. The summed E-state index contributed by atoms with van der Waals surface area (Å²) < 4.78 is 15.8. The largest absolute Gasteiger partial charge is 0.490 e. The van der Waals surface area contributed by atoms with Crippen molar-refractivity contribution in [2.24, 2.45) is 5.73 Å². The number of hydrogen-bond donors (Lipinski definition) is 2. The standard InChI is InChI=1S/C13H20N2O3S/c1-16-6-7-17-8-9-18-10-4-3-5-11(19-2)12(10)13(14)15/h3-5H,6-9H2,1-2H3,(H3,14,15). The molecule has 0 unspecified atom stereocenters. The predicted octanol–water partition coefficient (Wildman–Crippen LogP) is 1.73. The number of nitrogens with two attached hydrogens (primary N) is 1. The summed E-state index contributed by atoms with van der Waals surface area (Å²) in [4.78, 5) is 0.935. The van der Waals surface area contributed by atoms with Gasteiger partial charge >= 0.3 is 0 Å². The van der Waals surface area contributed by atoms with Gasteiger partial charge in [0.15, 0.2) is 0 Å². The highest BCUT2D eigenvalue weighted by atomic mass is 32.2. The molecule has 0 fully saturated rings. The maximum absolute atomic E-state index is 7.63. The van der Waals surface area contributed by atoms with Crippen molar-refractivity contribution < 1.29 is 14.2 Å². The molecule has 0 bridgehead atoms. The number of amidine groups is 1. The summed E-state index contributed by atoms with van der Waals surface area (Å²) >= 11 is 1.54. The monoisotopic (exact) mass is 284 g/mol. The van der Waals surface area contributed by atoms with Crippen molar-refractivity contribution in [1.29, 1.82) is 5.41 Å². The molecule has 106 valence electrons. The molecule has 0 aliphatic carbocycles. The van der Waals surface area contributed by atoms with Gasteiger partial charge in [-0.15, -0.1) is 11.8 Å². The van der Waals surface area contributed by atoms with Crippen LogP contribution in [0.4, 0.5) is 0 Å². The lowest BCUT2D eigenvalue weighted by Gasteiger charge is -2.13. The summed E-state index contributed by atoms with van der Waals surface area (Å²) in [6, 6.07) is 5.62. The predicted molar refractivity (Wildman–Crippen MR) is 77.4 cm³/mol. The molecular formula is C13H20N2O3S. The Hall–Kier alpha value is -1.24. The molecule has 19 heavy (non-hydrogen) atoms. The Morgan fingerprint density at radius 1 is 1.26 bits per heavy atom. The zero-order valence-electron chi connectivity index (χ0n) is 11.3. The second kappa shape index (κ2) is 8.79. The van der Waals surface area contributed by atoms with Crippen LogP contribution in [0.2, 0.25) is 0 Å². The lowest BCUT2D eigenvalue weighted by atomic mass is 10.2. The Labute approximate surface area is 117 Å². The molecule has 0 saturated carbocycles. The fraction of sp³-hybridized carbons (Fsp3) is 0.462. The van der Waals surface area contributed by atoms with Gasteiger partial charge in [0, 0.05) is 12.0 Å². The number of methoxy groups -OCH3 is 1. The molecule has 1 aromatic rings. The van der Waals surface area contributed by atoms with E-state index < -0.39 is 0 Å². The van der Waals surface area contributed by atoms with Crippen LogP contribution in [0.15, 0.2) is 23.1 Å². The SMILES string of the molecule is COCCOCCOc1cccc(SC)c1C(=N)N. The molecule has 0 heterocycles. The van der Waals surface area contributed by atoms with E-state index in [9.17, 15) is 0 Å². The molecule has 6 heteroatoms. The number of hydrogen-bond acceptors (Lipinski definition) is 5. The van der Waals surface area contributed by atoms with Crippen LogP contribution in [-0.2, 0) is 9.47 Å². The number of benzene rings is 1. The fourth-order valence-corrected chi connectivity index (χ4v) is 2.15. The lowest BCUT2D eigenvalue weighted by molar-refractivity contribution is 0.0543. The third-order valence-electron chi connectivity index (χ3n) is 2.39. The van der Waals surface area contributed by atoms with E-state index in [2.05, 4.69) is 0 Å². The van der Waals surface area contributed by atoms with Gasteiger partial charge in [0.2, 0.25) is 0 Å². The molecule has 3 N–H and O–H groups in total. The minimum atomic E-state index is 0.0141. The van der Waals surface area contributed by atoms with Gasteiger partial charge in [-0.25, -0.2) is 0 Å². The molecule has 5 nitrogen and oxygen atoms in total. The molecular weight excluding hydrogens is 264 g/mol. The Morgan fingerprint density at radius 2 is 2.00 bits per heavy atom. The third-order valence-corrected chi connectivity index (χ3v) is 3.17. The van der Waals surface area contributed by atoms with E-state index in [1.54, 1.807) is 7.11 Å². The average molecular weight is 284 g/mol. The Kier molecular flexibility index (Phi) is 7.32. The molecule has 0 saturated heterocycles. The summed E-state index contributed by atoms with van der Waals surface area (Å²) in [5.74, 6) is 0.634. The summed E-state index contributed by atoms with van der Waals surface area (Å²) in [6.45, 7) is 2.01. The Morgan fingerprint density at radius 3 is 2.63 bits per heavy atom. The van der Waals surface area contributed by atoms with Crippen molar-refractivity contribution in [3.8, 4) is 5.75 Å². The van der Waals surface area contributed by atoms with Crippen molar-refractivity contribution >= 4 is 17.6 Å². The lowest BCUT2D eigenvalue weighted by Crippen LogP contribution is -2.16. The summed E-state index contributed by atoms with van der Waals surface area (Å²) in [7, 11) is 1.63. The summed E-state index contributed by atoms with van der Waals surface area (Å²) in [5, 5.41) is 7.63. The van der Waals surface area contributed by atoms with Crippen molar-refractivity contribution in [3.63, 3.8) is 0 Å². The van der Waals surface area contributed by atoms with Crippen LogP contribution < -0.4 is 10.5 Å². The van der Waals surface area contributed by atoms with E-state index >= 15 is 0 Å². The Bertz CT molecular complexity index is 413. The van der Waals surface area contributed by atoms with Gasteiger partial charge in [0.05, 0.1) is 25.4 Å². The molecule has 1 aromatic carbocycles. The highest BCUT2D eigenvalue weighted by molar-refractivity contribution is 7.98. The van der Waals surface area contributed by atoms with Gasteiger partial charge in [0.25, 0.3) is 0 Å². The number of nitrogens with one attached hydrogen (secondary N) is 1. The first-order chi connectivity index (χ1) is 9.20. The van der Waals surface area contributed by atoms with Crippen LogP contribution in [0.1, 0.15) is 5.56 Å². The van der Waals surface area contributed by atoms with E-state index in [0.717, 1.165) is 4.90 Å². The molecule has 0 aromatic heterocycles. The molecule has 0 radical (unpaired) electrons. The normalized spacial score (nSPS) is 10.4. The first-order valence-electron chi connectivity index (χ1n) is 5.91. The van der Waals surface area contributed by atoms with Crippen LogP contribution in [0, 0.1) is 5.41 Å². The first kappa shape index (κ1) is 15.8. The van der Waals surface area contributed by atoms with Crippen LogP contribution >= 0.6 is 11.8 Å². The van der Waals surface area contributed by atoms with E-state index in [-0.39, 0.29) is 5.84 Å². The minimum absolute atomic E-state index is 0.0141. The molecule has 0 aliphatic rings. The molecule has 0 amide bonds. The zero-order valence-corrected chi connectivity index (χ0v) is 12.1. The van der Waals surface area contributed by atoms with Gasteiger partial charge in [-0.1, -0.05) is 6.07 Å². The molecule has 0 atom stereocenters. The summed E-state index contributed by atoms with van der Waals surface area (Å²) in [5.41, 5.74) is 6.25.